The Balaban J connectivity index is 2.65. The van der Waals surface area contributed by atoms with E-state index >= 15 is 0 Å². The van der Waals surface area contributed by atoms with Crippen molar-refractivity contribution in [1.82, 2.24) is 0 Å². The lowest BCUT2D eigenvalue weighted by molar-refractivity contribution is 0.314. The zero-order valence-corrected chi connectivity index (χ0v) is 10.5. The molecule has 0 bridgehead atoms. The molecule has 0 spiro atoms. The number of hydrogen-bond donors (Lipinski definition) is 0. The summed E-state index contributed by atoms with van der Waals surface area (Å²) in [5.74, 6) is 0. The third-order valence-electron chi connectivity index (χ3n) is 4.39. The first-order valence-electron chi connectivity index (χ1n) is 5.80. The van der Waals surface area contributed by atoms with Gasteiger partial charge in [-0.3, -0.25) is 0 Å². The zero-order chi connectivity index (χ0) is 11.3. The van der Waals surface area contributed by atoms with Gasteiger partial charge < -0.3 is 4.90 Å². The Labute approximate surface area is 93.1 Å². The fraction of sp³-hybridized carbons (Fsp3) is 0.571. The van der Waals surface area contributed by atoms with Crippen LogP contribution in [0.3, 0.4) is 0 Å². The molecular formula is C14H21N. The second kappa shape index (κ2) is 3.01. The fourth-order valence-corrected chi connectivity index (χ4v) is 2.77. The molecule has 1 aromatic rings. The summed E-state index contributed by atoms with van der Waals surface area (Å²) >= 11 is 0. The molecule has 0 saturated carbocycles. The summed E-state index contributed by atoms with van der Waals surface area (Å²) in [7, 11) is 0. The molecule has 2 rings (SSSR count). The van der Waals surface area contributed by atoms with Crippen LogP contribution in [0.25, 0.3) is 0 Å². The summed E-state index contributed by atoms with van der Waals surface area (Å²) in [5, 5.41) is 0. The third kappa shape index (κ3) is 1.15. The minimum absolute atomic E-state index is 0.200. The van der Waals surface area contributed by atoms with E-state index in [1.807, 2.05) is 0 Å². The topological polar surface area (TPSA) is 3.24 Å². The molecule has 0 aliphatic carbocycles. The molecule has 0 fully saturated rings. The van der Waals surface area contributed by atoms with Crippen LogP contribution in [0.4, 0.5) is 5.69 Å². The Morgan fingerprint density at radius 2 is 1.67 bits per heavy atom. The fourth-order valence-electron chi connectivity index (χ4n) is 2.77. The molecule has 1 heterocycles. The smallest absolute Gasteiger partial charge is 0.0437 e. The number of nitrogens with zero attached hydrogens (tertiary/aromatic N) is 1. The molecule has 82 valence electrons. The Morgan fingerprint density at radius 1 is 1.07 bits per heavy atom. The minimum atomic E-state index is 0.200. The second-order valence-corrected chi connectivity index (χ2v) is 5.45. The predicted molar refractivity (Wildman–Crippen MR) is 66.6 cm³/mol. The van der Waals surface area contributed by atoms with Gasteiger partial charge in [-0.25, -0.2) is 0 Å². The Kier molecular flexibility index (Phi) is 2.11. The van der Waals surface area contributed by atoms with Gasteiger partial charge in [0.05, 0.1) is 0 Å². The monoisotopic (exact) mass is 203 g/mol. The highest BCUT2D eigenvalue weighted by Crippen LogP contribution is 2.50. The van der Waals surface area contributed by atoms with E-state index in [0.717, 1.165) is 6.54 Å². The largest absolute Gasteiger partial charge is 0.366 e. The van der Waals surface area contributed by atoms with Gasteiger partial charge in [-0.15, -0.1) is 0 Å². The highest BCUT2D eigenvalue weighted by Gasteiger charge is 2.49. The van der Waals surface area contributed by atoms with E-state index in [9.17, 15) is 0 Å². The van der Waals surface area contributed by atoms with E-state index in [1.54, 1.807) is 0 Å². The number of benzene rings is 1. The van der Waals surface area contributed by atoms with Crippen molar-refractivity contribution >= 4 is 5.69 Å². The molecule has 0 atom stereocenters. The van der Waals surface area contributed by atoms with E-state index in [-0.39, 0.29) is 11.0 Å². The maximum atomic E-state index is 2.52. The van der Waals surface area contributed by atoms with Crippen LogP contribution in [0.5, 0.6) is 0 Å². The van der Waals surface area contributed by atoms with Gasteiger partial charge in [-0.2, -0.15) is 0 Å². The number of likely N-dealkylation sites (N-methyl/N-ethyl adjacent to an activating group) is 1. The molecule has 15 heavy (non-hydrogen) atoms. The molecule has 0 unspecified atom stereocenters. The van der Waals surface area contributed by atoms with Crippen molar-refractivity contribution in [1.29, 1.82) is 0 Å². The third-order valence-corrected chi connectivity index (χ3v) is 4.39. The Bertz CT molecular complexity index is 377. The molecule has 1 heteroatoms. The molecule has 0 aromatic heterocycles. The second-order valence-electron chi connectivity index (χ2n) is 5.45. The number of fused-ring (bicyclic) bond motifs is 1. The van der Waals surface area contributed by atoms with Gasteiger partial charge in [0.1, 0.15) is 0 Å². The van der Waals surface area contributed by atoms with Crippen LogP contribution in [0.1, 0.15) is 40.2 Å². The summed E-state index contributed by atoms with van der Waals surface area (Å²) in [4.78, 5) is 2.52. The molecule has 0 amide bonds. The van der Waals surface area contributed by atoms with Crippen molar-refractivity contribution in [2.24, 2.45) is 0 Å². The maximum Gasteiger partial charge on any atom is 0.0437 e. The van der Waals surface area contributed by atoms with Crippen LogP contribution in [0.15, 0.2) is 24.3 Å². The van der Waals surface area contributed by atoms with Crippen molar-refractivity contribution in [3.8, 4) is 0 Å². The highest BCUT2D eigenvalue weighted by atomic mass is 15.2. The van der Waals surface area contributed by atoms with E-state index in [2.05, 4.69) is 63.8 Å². The molecule has 1 aliphatic rings. The quantitative estimate of drug-likeness (QED) is 0.674. The minimum Gasteiger partial charge on any atom is -0.366 e. The van der Waals surface area contributed by atoms with Gasteiger partial charge in [-0.1, -0.05) is 32.0 Å². The molecule has 1 aliphatic heterocycles. The van der Waals surface area contributed by atoms with Crippen molar-refractivity contribution in [2.75, 3.05) is 11.4 Å². The van der Waals surface area contributed by atoms with Crippen LogP contribution in [0.2, 0.25) is 0 Å². The van der Waals surface area contributed by atoms with Crippen molar-refractivity contribution in [3.05, 3.63) is 29.8 Å². The van der Waals surface area contributed by atoms with Gasteiger partial charge in [0.25, 0.3) is 0 Å². The van der Waals surface area contributed by atoms with Gasteiger partial charge in [0.2, 0.25) is 0 Å². The zero-order valence-electron chi connectivity index (χ0n) is 10.5. The lowest BCUT2D eigenvalue weighted by Crippen LogP contribution is -2.50. The van der Waals surface area contributed by atoms with Crippen molar-refractivity contribution in [2.45, 2.75) is 45.6 Å². The molecule has 1 nitrogen and oxygen atoms in total. The van der Waals surface area contributed by atoms with Crippen LogP contribution < -0.4 is 4.90 Å². The molecule has 1 aromatic carbocycles. The standard InChI is InChI=1S/C14H21N/c1-6-15-12-10-8-7-9-11(12)13(2,3)14(15,4)5/h7-10H,6H2,1-5H3. The number of rotatable bonds is 1. The lowest BCUT2D eigenvalue weighted by atomic mass is 9.72. The van der Waals surface area contributed by atoms with E-state index < -0.39 is 0 Å². The van der Waals surface area contributed by atoms with Gasteiger partial charge >= 0.3 is 0 Å². The van der Waals surface area contributed by atoms with Crippen molar-refractivity contribution in [3.63, 3.8) is 0 Å². The van der Waals surface area contributed by atoms with Gasteiger partial charge in [0, 0.05) is 23.2 Å². The summed E-state index contributed by atoms with van der Waals surface area (Å²) in [6.45, 7) is 12.7. The molecule has 0 radical (unpaired) electrons. The maximum absolute atomic E-state index is 2.52. The van der Waals surface area contributed by atoms with Crippen LogP contribution in [-0.4, -0.2) is 12.1 Å². The summed E-state index contributed by atoms with van der Waals surface area (Å²) in [6.07, 6.45) is 0. The molecular weight excluding hydrogens is 182 g/mol. The highest BCUT2D eigenvalue weighted by molar-refractivity contribution is 5.65. The van der Waals surface area contributed by atoms with Crippen molar-refractivity contribution < 1.29 is 0 Å². The summed E-state index contributed by atoms with van der Waals surface area (Å²) in [6, 6.07) is 8.80. The summed E-state index contributed by atoms with van der Waals surface area (Å²) in [5.41, 5.74) is 3.32. The average Bonchev–Trinajstić information content (AvgIpc) is 2.32. The van der Waals surface area contributed by atoms with Crippen LogP contribution in [-0.2, 0) is 5.41 Å². The number of para-hydroxylation sites is 1. The van der Waals surface area contributed by atoms with E-state index in [1.165, 1.54) is 11.3 Å². The van der Waals surface area contributed by atoms with Gasteiger partial charge in [0.15, 0.2) is 0 Å². The predicted octanol–water partition coefficient (Wildman–Crippen LogP) is 3.58. The molecule has 0 N–H and O–H groups in total. The first-order valence-corrected chi connectivity index (χ1v) is 5.80. The number of anilines is 1. The number of hydrogen-bond acceptors (Lipinski definition) is 1. The van der Waals surface area contributed by atoms with Gasteiger partial charge in [-0.05, 0) is 32.4 Å². The lowest BCUT2D eigenvalue weighted by Gasteiger charge is -2.42. The Hall–Kier alpha value is -0.980. The first-order chi connectivity index (χ1) is 6.93. The average molecular weight is 203 g/mol. The SMILES string of the molecule is CCN1c2ccccc2C(C)(C)C1(C)C. The van der Waals surface area contributed by atoms with E-state index in [0.29, 0.717) is 0 Å². The molecule has 0 saturated heterocycles. The summed E-state index contributed by atoms with van der Waals surface area (Å²) < 4.78 is 0. The normalized spacial score (nSPS) is 21.5. The van der Waals surface area contributed by atoms with Crippen LogP contribution in [0, 0.1) is 0 Å². The van der Waals surface area contributed by atoms with E-state index in [4.69, 9.17) is 0 Å². The first kappa shape index (κ1) is 10.5. The Morgan fingerprint density at radius 3 is 2.27 bits per heavy atom. The van der Waals surface area contributed by atoms with Crippen LogP contribution >= 0.6 is 0 Å².